The van der Waals surface area contributed by atoms with Crippen LogP contribution < -0.4 is 0 Å². The normalized spacial score (nSPS) is 11.1. The van der Waals surface area contributed by atoms with Gasteiger partial charge in [0.2, 0.25) is 0 Å². The lowest BCUT2D eigenvalue weighted by molar-refractivity contribution is 0.824. The molecular weight excluding hydrogens is 366 g/mol. The minimum Gasteiger partial charge on any atom is -0.327 e. The minimum absolute atomic E-state index is 0.771. The molecule has 0 atom stereocenters. The number of hydrogen-bond donors (Lipinski definition) is 0. The number of aryl methyl sites for hydroxylation is 2. The molecule has 0 N–H and O–H groups in total. The van der Waals surface area contributed by atoms with Crippen molar-refractivity contribution in [3.05, 3.63) is 108 Å². The van der Waals surface area contributed by atoms with Gasteiger partial charge in [-0.2, -0.15) is 0 Å². The van der Waals surface area contributed by atoms with Crippen molar-refractivity contribution in [1.29, 1.82) is 0 Å². The van der Waals surface area contributed by atoms with Crippen LogP contribution in [-0.4, -0.2) is 14.5 Å². The predicted octanol–water partition coefficient (Wildman–Crippen LogP) is 6.43. The molecule has 5 rings (SSSR count). The molecule has 0 spiro atoms. The Morgan fingerprint density at radius 3 is 2.10 bits per heavy atom. The summed E-state index contributed by atoms with van der Waals surface area (Å²) in [5.74, 6) is 0. The molecule has 0 aliphatic rings. The highest BCUT2D eigenvalue weighted by Crippen LogP contribution is 2.36. The van der Waals surface area contributed by atoms with Crippen molar-refractivity contribution in [3.63, 3.8) is 0 Å². The van der Waals surface area contributed by atoms with E-state index in [2.05, 4.69) is 91.3 Å². The smallest absolute Gasteiger partial charge is 0.144 e. The first-order valence-corrected chi connectivity index (χ1v) is 10.2. The molecular formula is C27H23N3. The largest absolute Gasteiger partial charge is 0.327 e. The zero-order valence-corrected chi connectivity index (χ0v) is 17.2. The SMILES string of the molecule is Cc1cc(C)cc(-c2cn(Cc3ccccc3)c3ncnc(-c4ccccc4)c23)c1. The molecule has 30 heavy (non-hydrogen) atoms. The van der Waals surface area contributed by atoms with E-state index < -0.39 is 0 Å². The lowest BCUT2D eigenvalue weighted by Crippen LogP contribution is -1.99. The van der Waals surface area contributed by atoms with Crippen LogP contribution in [0, 0.1) is 13.8 Å². The van der Waals surface area contributed by atoms with Crippen molar-refractivity contribution in [1.82, 2.24) is 14.5 Å². The summed E-state index contributed by atoms with van der Waals surface area (Å²) in [5.41, 5.74) is 9.18. The van der Waals surface area contributed by atoms with E-state index >= 15 is 0 Å². The van der Waals surface area contributed by atoms with E-state index in [1.54, 1.807) is 6.33 Å². The molecule has 2 heterocycles. The average Bonchev–Trinajstić information content (AvgIpc) is 3.13. The predicted molar refractivity (Wildman–Crippen MR) is 123 cm³/mol. The molecule has 0 aliphatic heterocycles. The number of nitrogens with zero attached hydrogens (tertiary/aromatic N) is 3. The highest BCUT2D eigenvalue weighted by atomic mass is 15.0. The fraction of sp³-hybridized carbons (Fsp3) is 0.111. The molecule has 2 aromatic heterocycles. The van der Waals surface area contributed by atoms with Gasteiger partial charge in [-0.15, -0.1) is 0 Å². The number of hydrogen-bond acceptors (Lipinski definition) is 2. The van der Waals surface area contributed by atoms with E-state index in [4.69, 9.17) is 9.97 Å². The van der Waals surface area contributed by atoms with Crippen molar-refractivity contribution in [3.8, 4) is 22.4 Å². The van der Waals surface area contributed by atoms with Gasteiger partial charge in [-0.3, -0.25) is 0 Å². The third kappa shape index (κ3) is 3.39. The van der Waals surface area contributed by atoms with Crippen molar-refractivity contribution < 1.29 is 0 Å². The summed E-state index contributed by atoms with van der Waals surface area (Å²) in [4.78, 5) is 9.41. The first-order chi connectivity index (χ1) is 14.7. The van der Waals surface area contributed by atoms with Gasteiger partial charge in [0.15, 0.2) is 0 Å². The van der Waals surface area contributed by atoms with E-state index in [1.807, 2.05) is 12.1 Å². The molecule has 3 nitrogen and oxygen atoms in total. The van der Waals surface area contributed by atoms with Gasteiger partial charge >= 0.3 is 0 Å². The molecule has 0 aliphatic carbocycles. The summed E-state index contributed by atoms with van der Waals surface area (Å²) in [7, 11) is 0. The highest BCUT2D eigenvalue weighted by molar-refractivity contribution is 6.03. The van der Waals surface area contributed by atoms with Crippen LogP contribution in [0.1, 0.15) is 16.7 Å². The molecule has 5 aromatic rings. The first-order valence-electron chi connectivity index (χ1n) is 10.2. The molecule has 0 unspecified atom stereocenters. The highest BCUT2D eigenvalue weighted by Gasteiger charge is 2.18. The van der Waals surface area contributed by atoms with Gasteiger partial charge in [-0.1, -0.05) is 90.0 Å². The van der Waals surface area contributed by atoms with Crippen LogP contribution in [0.5, 0.6) is 0 Å². The van der Waals surface area contributed by atoms with E-state index in [9.17, 15) is 0 Å². The topological polar surface area (TPSA) is 30.7 Å². The summed E-state index contributed by atoms with van der Waals surface area (Å²) >= 11 is 0. The summed E-state index contributed by atoms with van der Waals surface area (Å²) in [5, 5.41) is 1.10. The Kier molecular flexibility index (Phi) is 4.64. The fourth-order valence-electron chi connectivity index (χ4n) is 4.19. The number of benzene rings is 3. The Morgan fingerprint density at radius 2 is 1.40 bits per heavy atom. The van der Waals surface area contributed by atoms with E-state index in [-0.39, 0.29) is 0 Å². The van der Waals surface area contributed by atoms with Crippen LogP contribution in [0.25, 0.3) is 33.4 Å². The molecule has 0 fully saturated rings. The van der Waals surface area contributed by atoms with Crippen molar-refractivity contribution in [2.45, 2.75) is 20.4 Å². The molecule has 0 amide bonds. The lowest BCUT2D eigenvalue weighted by atomic mass is 9.98. The van der Waals surface area contributed by atoms with Crippen LogP contribution in [0.15, 0.2) is 91.4 Å². The summed E-state index contributed by atoms with van der Waals surface area (Å²) < 4.78 is 2.24. The van der Waals surface area contributed by atoms with Gasteiger partial charge in [-0.05, 0) is 25.0 Å². The Morgan fingerprint density at radius 1 is 0.733 bits per heavy atom. The minimum atomic E-state index is 0.771. The standard InChI is InChI=1S/C27H23N3/c1-19-13-20(2)15-23(14-19)24-17-30(16-21-9-5-3-6-10-21)27-25(24)26(28-18-29-27)22-11-7-4-8-12-22/h3-15,17-18H,16H2,1-2H3. The van der Waals surface area contributed by atoms with Gasteiger partial charge in [0.25, 0.3) is 0 Å². The van der Waals surface area contributed by atoms with Crippen LogP contribution >= 0.6 is 0 Å². The third-order valence-corrected chi connectivity index (χ3v) is 5.43. The molecule has 0 radical (unpaired) electrons. The van der Waals surface area contributed by atoms with Crippen molar-refractivity contribution in [2.24, 2.45) is 0 Å². The van der Waals surface area contributed by atoms with E-state index in [1.165, 1.54) is 27.8 Å². The lowest BCUT2D eigenvalue weighted by Gasteiger charge is -2.07. The van der Waals surface area contributed by atoms with Gasteiger partial charge in [0.1, 0.15) is 12.0 Å². The average molecular weight is 390 g/mol. The van der Waals surface area contributed by atoms with Gasteiger partial charge in [0.05, 0.1) is 11.1 Å². The molecule has 3 heteroatoms. The summed E-state index contributed by atoms with van der Waals surface area (Å²) in [6, 6.07) is 27.6. The Hall–Kier alpha value is -3.72. The van der Waals surface area contributed by atoms with Crippen LogP contribution in [0.3, 0.4) is 0 Å². The fourth-order valence-corrected chi connectivity index (χ4v) is 4.19. The first kappa shape index (κ1) is 18.3. The Bertz CT molecular complexity index is 1300. The number of fused-ring (bicyclic) bond motifs is 1. The maximum Gasteiger partial charge on any atom is 0.144 e. The van der Waals surface area contributed by atoms with E-state index in [0.717, 1.165) is 28.8 Å². The van der Waals surface area contributed by atoms with Gasteiger partial charge in [0, 0.05) is 23.9 Å². The molecule has 3 aromatic carbocycles. The summed E-state index contributed by atoms with van der Waals surface area (Å²) in [6.45, 7) is 5.07. The maximum absolute atomic E-state index is 4.71. The number of aromatic nitrogens is 3. The molecule has 0 saturated carbocycles. The van der Waals surface area contributed by atoms with Crippen molar-refractivity contribution >= 4 is 11.0 Å². The van der Waals surface area contributed by atoms with Crippen LogP contribution in [0.4, 0.5) is 0 Å². The van der Waals surface area contributed by atoms with Crippen LogP contribution in [-0.2, 0) is 6.54 Å². The zero-order valence-electron chi connectivity index (χ0n) is 17.2. The molecule has 0 bridgehead atoms. The number of rotatable bonds is 4. The second kappa shape index (κ2) is 7.60. The zero-order chi connectivity index (χ0) is 20.5. The Labute approximate surface area is 176 Å². The summed E-state index contributed by atoms with van der Waals surface area (Å²) in [6.07, 6.45) is 3.91. The quantitative estimate of drug-likeness (QED) is 0.354. The van der Waals surface area contributed by atoms with Gasteiger partial charge < -0.3 is 4.57 Å². The Balaban J connectivity index is 1.79. The maximum atomic E-state index is 4.71. The van der Waals surface area contributed by atoms with Gasteiger partial charge in [-0.25, -0.2) is 9.97 Å². The molecule has 0 saturated heterocycles. The second-order valence-corrected chi connectivity index (χ2v) is 7.82. The second-order valence-electron chi connectivity index (χ2n) is 7.82. The van der Waals surface area contributed by atoms with E-state index in [0.29, 0.717) is 0 Å². The molecule has 146 valence electrons. The monoisotopic (exact) mass is 389 g/mol. The van der Waals surface area contributed by atoms with Crippen molar-refractivity contribution in [2.75, 3.05) is 0 Å². The van der Waals surface area contributed by atoms with Crippen LogP contribution in [0.2, 0.25) is 0 Å². The third-order valence-electron chi connectivity index (χ3n) is 5.43.